The number of allylic oxidation sites excluding steroid dienone is 1. The molecule has 4 nitrogen and oxygen atoms in total. The fourth-order valence-corrected chi connectivity index (χ4v) is 3.31. The normalized spacial score (nSPS) is 24.3. The molecule has 1 aromatic carbocycles. The van der Waals surface area contributed by atoms with Gasteiger partial charge in [0.25, 0.3) is 0 Å². The second kappa shape index (κ2) is 9.21. The summed E-state index contributed by atoms with van der Waals surface area (Å²) in [7, 11) is 0. The molecule has 2 heterocycles. The van der Waals surface area contributed by atoms with E-state index in [2.05, 4.69) is 48.6 Å². The van der Waals surface area contributed by atoms with E-state index in [0.717, 1.165) is 45.4 Å². The van der Waals surface area contributed by atoms with E-state index in [9.17, 15) is 0 Å². The van der Waals surface area contributed by atoms with Crippen molar-refractivity contribution in [2.75, 3.05) is 19.8 Å². The molecule has 3 rings (SSSR count). The molecule has 0 unspecified atom stereocenters. The molecule has 0 amide bonds. The van der Waals surface area contributed by atoms with Crippen molar-refractivity contribution >= 4 is 0 Å². The van der Waals surface area contributed by atoms with Gasteiger partial charge in [-0.25, -0.2) is 0 Å². The highest BCUT2D eigenvalue weighted by atomic mass is 16.5. The number of benzene rings is 1. The van der Waals surface area contributed by atoms with Crippen molar-refractivity contribution < 1.29 is 14.2 Å². The molecule has 0 aromatic heterocycles. The van der Waals surface area contributed by atoms with Crippen LogP contribution in [0.4, 0.5) is 0 Å². The van der Waals surface area contributed by atoms with Crippen molar-refractivity contribution in [1.82, 2.24) is 5.32 Å². The van der Waals surface area contributed by atoms with E-state index < -0.39 is 0 Å². The molecular weight excluding hydrogens is 302 g/mol. The van der Waals surface area contributed by atoms with Gasteiger partial charge in [0.15, 0.2) is 0 Å². The Balaban J connectivity index is 1.60. The van der Waals surface area contributed by atoms with Crippen LogP contribution < -0.4 is 5.32 Å². The quantitative estimate of drug-likeness (QED) is 0.829. The average molecular weight is 331 g/mol. The lowest BCUT2D eigenvalue weighted by atomic mass is 10.0. The summed E-state index contributed by atoms with van der Waals surface area (Å²) < 4.78 is 17.6. The molecule has 1 aromatic rings. The lowest BCUT2D eigenvalue weighted by molar-refractivity contribution is -0.0802. The molecule has 3 atom stereocenters. The summed E-state index contributed by atoms with van der Waals surface area (Å²) in [4.78, 5) is 0. The van der Waals surface area contributed by atoms with Gasteiger partial charge in [0.1, 0.15) is 6.10 Å². The van der Waals surface area contributed by atoms with Gasteiger partial charge in [0.2, 0.25) is 0 Å². The molecule has 0 spiro atoms. The minimum Gasteiger partial charge on any atom is -0.497 e. The summed E-state index contributed by atoms with van der Waals surface area (Å²) in [6, 6.07) is 10.7. The van der Waals surface area contributed by atoms with E-state index in [-0.39, 0.29) is 24.4 Å². The topological polar surface area (TPSA) is 39.7 Å². The van der Waals surface area contributed by atoms with E-state index in [1.54, 1.807) is 0 Å². The fraction of sp³-hybridized carbons (Fsp3) is 0.600. The predicted molar refractivity (Wildman–Crippen MR) is 94.8 cm³/mol. The highest BCUT2D eigenvalue weighted by molar-refractivity contribution is 5.19. The summed E-state index contributed by atoms with van der Waals surface area (Å²) in [5.74, 6) is 0. The summed E-state index contributed by atoms with van der Waals surface area (Å²) >= 11 is 0. The van der Waals surface area contributed by atoms with Crippen LogP contribution in [0, 0.1) is 0 Å². The van der Waals surface area contributed by atoms with Crippen molar-refractivity contribution in [2.24, 2.45) is 0 Å². The standard InChI is InChI=1S/C20H29NO3/c1-16(21-15-19-9-5-6-12-23-19)20(17-7-3-2-4-8-17)24-18-10-13-22-14-11-18/h2-4,6-8,12,16,18-21H,5,9-11,13-15H2,1H3/t16-,19-,20-/m0/s1. The van der Waals surface area contributed by atoms with Gasteiger partial charge in [-0.15, -0.1) is 0 Å². The van der Waals surface area contributed by atoms with E-state index in [0.29, 0.717) is 0 Å². The van der Waals surface area contributed by atoms with Crippen LogP contribution in [0.2, 0.25) is 0 Å². The Hall–Kier alpha value is -1.36. The maximum Gasteiger partial charge on any atom is 0.110 e. The number of ether oxygens (including phenoxy) is 3. The maximum atomic E-state index is 6.48. The van der Waals surface area contributed by atoms with Crippen LogP contribution in [0.25, 0.3) is 0 Å². The largest absolute Gasteiger partial charge is 0.497 e. The number of hydrogen-bond acceptors (Lipinski definition) is 4. The van der Waals surface area contributed by atoms with Crippen molar-refractivity contribution in [3.8, 4) is 0 Å². The highest BCUT2D eigenvalue weighted by Gasteiger charge is 2.26. The van der Waals surface area contributed by atoms with Gasteiger partial charge in [-0.2, -0.15) is 0 Å². The van der Waals surface area contributed by atoms with Gasteiger partial charge in [0, 0.05) is 25.8 Å². The van der Waals surface area contributed by atoms with Gasteiger partial charge < -0.3 is 19.5 Å². The van der Waals surface area contributed by atoms with Crippen molar-refractivity contribution in [1.29, 1.82) is 0 Å². The molecule has 0 aliphatic carbocycles. The van der Waals surface area contributed by atoms with E-state index in [4.69, 9.17) is 14.2 Å². The number of nitrogens with one attached hydrogen (secondary N) is 1. The molecule has 2 aliphatic rings. The van der Waals surface area contributed by atoms with E-state index >= 15 is 0 Å². The van der Waals surface area contributed by atoms with Crippen LogP contribution in [0.1, 0.15) is 44.3 Å². The Kier molecular flexibility index (Phi) is 6.70. The smallest absolute Gasteiger partial charge is 0.110 e. The van der Waals surface area contributed by atoms with Gasteiger partial charge in [0.05, 0.1) is 18.5 Å². The summed E-state index contributed by atoms with van der Waals surface area (Å²) in [5.41, 5.74) is 1.23. The van der Waals surface area contributed by atoms with Crippen LogP contribution in [0.3, 0.4) is 0 Å². The first-order valence-corrected chi connectivity index (χ1v) is 9.15. The van der Waals surface area contributed by atoms with Crippen molar-refractivity contribution in [3.63, 3.8) is 0 Å². The minimum absolute atomic E-state index is 0.0495. The Bertz CT molecular complexity index is 499. The van der Waals surface area contributed by atoms with Crippen molar-refractivity contribution in [2.45, 2.75) is 57.0 Å². The van der Waals surface area contributed by atoms with Crippen LogP contribution in [-0.2, 0) is 14.2 Å². The molecular formula is C20H29NO3. The Labute approximate surface area is 145 Å². The Morgan fingerprint density at radius 3 is 2.67 bits per heavy atom. The van der Waals surface area contributed by atoms with E-state index in [1.807, 2.05) is 6.26 Å². The third-order valence-corrected chi connectivity index (χ3v) is 4.78. The van der Waals surface area contributed by atoms with Gasteiger partial charge in [-0.1, -0.05) is 30.3 Å². The molecule has 2 aliphatic heterocycles. The molecule has 1 fully saturated rings. The molecule has 24 heavy (non-hydrogen) atoms. The number of rotatable bonds is 7. The van der Waals surface area contributed by atoms with Crippen LogP contribution in [0.5, 0.6) is 0 Å². The van der Waals surface area contributed by atoms with Gasteiger partial charge in [-0.05, 0) is 44.2 Å². The van der Waals surface area contributed by atoms with Crippen LogP contribution in [-0.4, -0.2) is 38.0 Å². The SMILES string of the molecule is C[C@H](NC[C@@H]1CCC=CO1)[C@H](OC1CCOCC1)c1ccccc1. The third kappa shape index (κ3) is 5.07. The van der Waals surface area contributed by atoms with Crippen molar-refractivity contribution in [3.05, 3.63) is 48.2 Å². The fourth-order valence-electron chi connectivity index (χ4n) is 3.31. The van der Waals surface area contributed by atoms with E-state index in [1.165, 1.54) is 5.56 Å². The monoisotopic (exact) mass is 331 g/mol. The van der Waals surface area contributed by atoms with Gasteiger partial charge >= 0.3 is 0 Å². The first-order valence-electron chi connectivity index (χ1n) is 9.15. The third-order valence-electron chi connectivity index (χ3n) is 4.78. The molecule has 1 saturated heterocycles. The summed E-state index contributed by atoms with van der Waals surface area (Å²) in [6.07, 6.45) is 8.63. The zero-order chi connectivity index (χ0) is 16.6. The Morgan fingerprint density at radius 2 is 1.96 bits per heavy atom. The lowest BCUT2D eigenvalue weighted by Gasteiger charge is -2.32. The van der Waals surface area contributed by atoms with Crippen LogP contribution in [0.15, 0.2) is 42.7 Å². The number of hydrogen-bond donors (Lipinski definition) is 1. The molecule has 0 saturated carbocycles. The minimum atomic E-state index is 0.0495. The lowest BCUT2D eigenvalue weighted by Crippen LogP contribution is -2.41. The van der Waals surface area contributed by atoms with Gasteiger partial charge in [-0.3, -0.25) is 0 Å². The average Bonchev–Trinajstić information content (AvgIpc) is 2.66. The Morgan fingerprint density at radius 1 is 1.17 bits per heavy atom. The molecule has 132 valence electrons. The zero-order valence-corrected chi connectivity index (χ0v) is 14.5. The first kappa shape index (κ1) is 17.5. The predicted octanol–water partition coefficient (Wildman–Crippen LogP) is 3.59. The highest BCUT2D eigenvalue weighted by Crippen LogP contribution is 2.26. The molecule has 0 radical (unpaired) electrons. The molecule has 1 N–H and O–H groups in total. The maximum absolute atomic E-state index is 6.48. The first-order chi connectivity index (χ1) is 11.8. The summed E-state index contributed by atoms with van der Waals surface area (Å²) in [6.45, 7) is 4.66. The second-order valence-corrected chi connectivity index (χ2v) is 6.68. The zero-order valence-electron chi connectivity index (χ0n) is 14.5. The molecule has 4 heteroatoms. The van der Waals surface area contributed by atoms with Crippen LogP contribution >= 0.6 is 0 Å². The molecule has 0 bridgehead atoms. The summed E-state index contributed by atoms with van der Waals surface area (Å²) in [5, 5.41) is 3.63. The second-order valence-electron chi connectivity index (χ2n) is 6.68.